The van der Waals surface area contributed by atoms with Crippen LogP contribution in [0.5, 0.6) is 0 Å². The topological polar surface area (TPSA) is 45.1 Å². The van der Waals surface area contributed by atoms with Crippen LogP contribution in [0.15, 0.2) is 5.38 Å². The van der Waals surface area contributed by atoms with E-state index in [4.69, 9.17) is 16.7 Å². The molecule has 2 rings (SSSR count). The summed E-state index contributed by atoms with van der Waals surface area (Å²) in [6.45, 7) is 1.06. The van der Waals surface area contributed by atoms with E-state index in [0.29, 0.717) is 4.47 Å². The van der Waals surface area contributed by atoms with Crippen molar-refractivity contribution >= 4 is 28.8 Å². The number of rotatable bonds is 4. The Labute approximate surface area is 85.8 Å². The van der Waals surface area contributed by atoms with Gasteiger partial charge in [0, 0.05) is 17.3 Å². The molecule has 1 aliphatic carbocycles. The first-order chi connectivity index (χ1) is 6.24. The molecule has 13 heavy (non-hydrogen) atoms. The Morgan fingerprint density at radius 2 is 2.46 bits per heavy atom. The molecule has 1 heterocycles. The third-order valence-electron chi connectivity index (χ3n) is 2.41. The maximum Gasteiger partial charge on any atom is 0.185 e. The van der Waals surface area contributed by atoms with Crippen molar-refractivity contribution in [3.63, 3.8) is 0 Å². The molecule has 0 bridgehead atoms. The first-order valence-corrected chi connectivity index (χ1v) is 5.46. The molecule has 3 nitrogen and oxygen atoms in total. The van der Waals surface area contributed by atoms with Crippen LogP contribution in [0.2, 0.25) is 4.47 Å². The quantitative estimate of drug-likeness (QED) is 0.813. The molecule has 1 fully saturated rings. The van der Waals surface area contributed by atoms with Gasteiger partial charge in [-0.25, -0.2) is 4.98 Å². The minimum Gasteiger partial charge on any atom is -0.396 e. The standard InChI is InChI=1S/C8H11ClN2OS/c9-7-11-6(3-13-7)10-4-8(5-12)1-2-8/h3,10,12H,1-2,4-5H2. The van der Waals surface area contributed by atoms with E-state index in [-0.39, 0.29) is 12.0 Å². The Balaban J connectivity index is 1.86. The predicted molar refractivity (Wildman–Crippen MR) is 54.4 cm³/mol. The second-order valence-electron chi connectivity index (χ2n) is 3.50. The lowest BCUT2D eigenvalue weighted by Crippen LogP contribution is -2.19. The summed E-state index contributed by atoms with van der Waals surface area (Å²) in [5.41, 5.74) is 0.121. The van der Waals surface area contributed by atoms with Gasteiger partial charge in [0.2, 0.25) is 0 Å². The molecular formula is C8H11ClN2OS. The number of aliphatic hydroxyl groups excluding tert-OH is 1. The molecule has 2 N–H and O–H groups in total. The minimum absolute atomic E-state index is 0.121. The van der Waals surface area contributed by atoms with Gasteiger partial charge >= 0.3 is 0 Å². The molecule has 72 valence electrons. The lowest BCUT2D eigenvalue weighted by molar-refractivity contribution is 0.219. The zero-order valence-corrected chi connectivity index (χ0v) is 8.66. The van der Waals surface area contributed by atoms with E-state index in [1.165, 1.54) is 11.3 Å². The Kier molecular flexibility index (Phi) is 2.45. The first-order valence-electron chi connectivity index (χ1n) is 4.20. The molecule has 1 saturated carbocycles. The molecule has 0 radical (unpaired) electrons. The Morgan fingerprint density at radius 1 is 1.69 bits per heavy atom. The van der Waals surface area contributed by atoms with Crippen molar-refractivity contribution in [2.45, 2.75) is 12.8 Å². The fraction of sp³-hybridized carbons (Fsp3) is 0.625. The molecule has 0 saturated heterocycles. The van der Waals surface area contributed by atoms with E-state index in [1.807, 2.05) is 5.38 Å². The number of thiazole rings is 1. The summed E-state index contributed by atoms with van der Waals surface area (Å²) >= 11 is 7.09. The van der Waals surface area contributed by atoms with Crippen LogP contribution < -0.4 is 5.32 Å². The fourth-order valence-electron chi connectivity index (χ4n) is 1.18. The highest BCUT2D eigenvalue weighted by Gasteiger charge is 2.41. The summed E-state index contributed by atoms with van der Waals surface area (Å²) in [5.74, 6) is 0.815. The maximum atomic E-state index is 9.06. The van der Waals surface area contributed by atoms with Gasteiger partial charge in [-0.3, -0.25) is 0 Å². The van der Waals surface area contributed by atoms with Gasteiger partial charge in [-0.15, -0.1) is 11.3 Å². The van der Waals surface area contributed by atoms with Crippen LogP contribution in [0.4, 0.5) is 5.82 Å². The van der Waals surface area contributed by atoms with Gasteiger partial charge in [-0.1, -0.05) is 11.6 Å². The van der Waals surface area contributed by atoms with Crippen molar-refractivity contribution in [2.75, 3.05) is 18.5 Å². The van der Waals surface area contributed by atoms with Gasteiger partial charge in [0.1, 0.15) is 5.82 Å². The number of aromatic nitrogens is 1. The number of halogens is 1. The van der Waals surface area contributed by atoms with Gasteiger partial charge in [0.15, 0.2) is 4.47 Å². The molecule has 0 amide bonds. The Morgan fingerprint density at radius 3 is 2.92 bits per heavy atom. The zero-order chi connectivity index (χ0) is 9.31. The van der Waals surface area contributed by atoms with Gasteiger partial charge < -0.3 is 10.4 Å². The van der Waals surface area contributed by atoms with Crippen molar-refractivity contribution in [3.8, 4) is 0 Å². The molecule has 0 atom stereocenters. The molecule has 0 aromatic carbocycles. The highest BCUT2D eigenvalue weighted by molar-refractivity contribution is 7.14. The summed E-state index contributed by atoms with van der Waals surface area (Å²) in [6.07, 6.45) is 2.21. The number of aliphatic hydroxyl groups is 1. The molecular weight excluding hydrogens is 208 g/mol. The van der Waals surface area contributed by atoms with Gasteiger partial charge in [-0.2, -0.15) is 0 Å². The Hall–Kier alpha value is -0.320. The highest BCUT2D eigenvalue weighted by atomic mass is 35.5. The van der Waals surface area contributed by atoms with E-state index in [2.05, 4.69) is 10.3 Å². The fourth-order valence-corrected chi connectivity index (χ4v) is 1.90. The third-order valence-corrected chi connectivity index (χ3v) is 3.39. The third kappa shape index (κ3) is 2.13. The molecule has 0 spiro atoms. The summed E-state index contributed by atoms with van der Waals surface area (Å²) in [7, 11) is 0. The normalized spacial score (nSPS) is 18.6. The number of nitrogens with one attached hydrogen (secondary N) is 1. The molecule has 1 aromatic heterocycles. The van der Waals surface area contributed by atoms with Crippen LogP contribution in [0.3, 0.4) is 0 Å². The largest absolute Gasteiger partial charge is 0.396 e. The van der Waals surface area contributed by atoms with Crippen molar-refractivity contribution < 1.29 is 5.11 Å². The predicted octanol–water partition coefficient (Wildman–Crippen LogP) is 1.98. The highest BCUT2D eigenvalue weighted by Crippen LogP contribution is 2.44. The average Bonchev–Trinajstić information content (AvgIpc) is 2.81. The van der Waals surface area contributed by atoms with Crippen molar-refractivity contribution in [3.05, 3.63) is 9.85 Å². The average molecular weight is 219 g/mol. The van der Waals surface area contributed by atoms with Crippen LogP contribution in [0, 0.1) is 5.41 Å². The van der Waals surface area contributed by atoms with E-state index >= 15 is 0 Å². The second-order valence-corrected chi connectivity index (χ2v) is 4.94. The molecule has 0 aliphatic heterocycles. The number of nitrogens with zero attached hydrogens (tertiary/aromatic N) is 1. The van der Waals surface area contributed by atoms with Crippen molar-refractivity contribution in [1.82, 2.24) is 4.98 Å². The summed E-state index contributed by atoms with van der Waals surface area (Å²) < 4.78 is 0.552. The maximum absolute atomic E-state index is 9.06. The van der Waals surface area contributed by atoms with E-state index in [1.54, 1.807) is 0 Å². The number of hydrogen-bond donors (Lipinski definition) is 2. The van der Waals surface area contributed by atoms with Crippen molar-refractivity contribution in [2.24, 2.45) is 5.41 Å². The van der Waals surface area contributed by atoms with E-state index in [9.17, 15) is 0 Å². The SMILES string of the molecule is OCC1(CNc2csc(Cl)n2)CC1. The van der Waals surface area contributed by atoms with Crippen LogP contribution in [0.1, 0.15) is 12.8 Å². The molecule has 1 aromatic rings. The lowest BCUT2D eigenvalue weighted by atomic mass is 10.1. The lowest BCUT2D eigenvalue weighted by Gasteiger charge is -2.11. The summed E-state index contributed by atoms with van der Waals surface area (Å²) in [4.78, 5) is 4.07. The van der Waals surface area contributed by atoms with Crippen LogP contribution >= 0.6 is 22.9 Å². The van der Waals surface area contributed by atoms with Crippen LogP contribution in [0.25, 0.3) is 0 Å². The first kappa shape index (κ1) is 9.24. The smallest absolute Gasteiger partial charge is 0.185 e. The molecule has 1 aliphatic rings. The van der Waals surface area contributed by atoms with Crippen LogP contribution in [-0.4, -0.2) is 23.2 Å². The molecule has 0 unspecified atom stereocenters. The number of anilines is 1. The van der Waals surface area contributed by atoms with Crippen LogP contribution in [-0.2, 0) is 0 Å². The van der Waals surface area contributed by atoms with Gasteiger partial charge in [0.25, 0.3) is 0 Å². The van der Waals surface area contributed by atoms with Crippen molar-refractivity contribution in [1.29, 1.82) is 0 Å². The van der Waals surface area contributed by atoms with Gasteiger partial charge in [-0.05, 0) is 12.8 Å². The van der Waals surface area contributed by atoms with E-state index in [0.717, 1.165) is 25.2 Å². The second kappa shape index (κ2) is 3.44. The number of hydrogen-bond acceptors (Lipinski definition) is 4. The zero-order valence-electron chi connectivity index (χ0n) is 7.09. The monoisotopic (exact) mass is 218 g/mol. The van der Waals surface area contributed by atoms with E-state index < -0.39 is 0 Å². The summed E-state index contributed by atoms with van der Waals surface area (Å²) in [6, 6.07) is 0. The van der Waals surface area contributed by atoms with Gasteiger partial charge in [0.05, 0.1) is 6.61 Å². The summed E-state index contributed by atoms with van der Waals surface area (Å²) in [5, 5.41) is 14.1. The molecule has 5 heteroatoms. The Bertz CT molecular complexity index is 298. The minimum atomic E-state index is 0.121.